The van der Waals surface area contributed by atoms with Gasteiger partial charge in [0.2, 0.25) is 11.0 Å². The first-order valence-corrected chi connectivity index (χ1v) is 8.50. The number of likely N-dealkylation sites (N-methyl/N-ethyl adjacent to an activating group) is 1. The summed E-state index contributed by atoms with van der Waals surface area (Å²) in [6, 6.07) is 2.98. The van der Waals surface area contributed by atoms with E-state index in [1.165, 1.54) is 17.4 Å². The van der Waals surface area contributed by atoms with Crippen LogP contribution in [0.2, 0.25) is 0 Å². The number of ether oxygens (including phenoxy) is 1. The van der Waals surface area contributed by atoms with Gasteiger partial charge in [0.1, 0.15) is 12.2 Å². The number of rotatable bonds is 5. The van der Waals surface area contributed by atoms with Crippen molar-refractivity contribution in [3.05, 3.63) is 22.5 Å². The standard InChI is InChI=1S/C14H18N6O3S/c1-2-15-11(21)9-20-12(22)4-3-10(18-20)13-16-17-14(24-13)19-5-7-23-8-6-19/h3-4H,2,5-9H2,1H3,(H,15,21). The fraction of sp³-hybridized carbons (Fsp3) is 0.500. The number of aromatic nitrogens is 4. The third kappa shape index (κ3) is 3.77. The van der Waals surface area contributed by atoms with Crippen LogP contribution in [0, 0.1) is 0 Å². The van der Waals surface area contributed by atoms with Gasteiger partial charge in [0.15, 0.2) is 5.01 Å². The second-order valence-electron chi connectivity index (χ2n) is 5.16. The number of hydrogen-bond acceptors (Lipinski definition) is 8. The molecule has 1 amide bonds. The molecule has 0 radical (unpaired) electrons. The van der Waals surface area contributed by atoms with E-state index in [1.807, 2.05) is 6.92 Å². The Balaban J connectivity index is 1.80. The molecular formula is C14H18N6O3S. The van der Waals surface area contributed by atoms with Gasteiger partial charge >= 0.3 is 0 Å². The van der Waals surface area contributed by atoms with Crippen LogP contribution in [0.4, 0.5) is 5.13 Å². The minimum atomic E-state index is -0.331. The van der Waals surface area contributed by atoms with E-state index in [9.17, 15) is 9.59 Å². The van der Waals surface area contributed by atoms with Gasteiger partial charge in [0.25, 0.3) is 5.56 Å². The second kappa shape index (κ2) is 7.49. The zero-order chi connectivity index (χ0) is 16.9. The van der Waals surface area contributed by atoms with Crippen molar-refractivity contribution < 1.29 is 9.53 Å². The molecule has 0 aliphatic carbocycles. The van der Waals surface area contributed by atoms with Crippen molar-refractivity contribution in [3.8, 4) is 10.7 Å². The molecule has 0 atom stereocenters. The van der Waals surface area contributed by atoms with Crippen LogP contribution in [0.15, 0.2) is 16.9 Å². The van der Waals surface area contributed by atoms with E-state index in [-0.39, 0.29) is 18.0 Å². The Morgan fingerprint density at radius 1 is 1.33 bits per heavy atom. The van der Waals surface area contributed by atoms with Gasteiger partial charge in [-0.3, -0.25) is 9.59 Å². The van der Waals surface area contributed by atoms with E-state index in [4.69, 9.17) is 4.74 Å². The zero-order valence-electron chi connectivity index (χ0n) is 13.3. The maximum absolute atomic E-state index is 11.9. The molecule has 10 heteroatoms. The van der Waals surface area contributed by atoms with Crippen molar-refractivity contribution in [2.45, 2.75) is 13.5 Å². The summed E-state index contributed by atoms with van der Waals surface area (Å²) in [6.07, 6.45) is 0. The summed E-state index contributed by atoms with van der Waals surface area (Å²) in [5.41, 5.74) is 0.193. The number of nitrogens with zero attached hydrogens (tertiary/aromatic N) is 5. The summed E-state index contributed by atoms with van der Waals surface area (Å²) in [7, 11) is 0. The number of nitrogens with one attached hydrogen (secondary N) is 1. The normalized spacial score (nSPS) is 14.6. The molecule has 2 aromatic heterocycles. The van der Waals surface area contributed by atoms with Gasteiger partial charge in [-0.2, -0.15) is 5.10 Å². The van der Waals surface area contributed by atoms with Crippen LogP contribution in [0.1, 0.15) is 6.92 Å². The summed E-state index contributed by atoms with van der Waals surface area (Å²) in [4.78, 5) is 25.6. The molecule has 1 aliphatic heterocycles. The van der Waals surface area contributed by atoms with Crippen LogP contribution in [0.25, 0.3) is 10.7 Å². The fourth-order valence-corrected chi connectivity index (χ4v) is 3.13. The van der Waals surface area contributed by atoms with Gasteiger partial charge in [0.05, 0.1) is 13.2 Å². The molecule has 128 valence electrons. The monoisotopic (exact) mass is 350 g/mol. The van der Waals surface area contributed by atoms with Gasteiger partial charge in [-0.05, 0) is 13.0 Å². The molecule has 1 aliphatic rings. The fourth-order valence-electron chi connectivity index (χ4n) is 2.27. The van der Waals surface area contributed by atoms with Gasteiger partial charge < -0.3 is 15.0 Å². The van der Waals surface area contributed by atoms with Crippen LogP contribution in [0.5, 0.6) is 0 Å². The Kier molecular flexibility index (Phi) is 5.16. The summed E-state index contributed by atoms with van der Waals surface area (Å²) in [6.45, 7) is 5.10. The molecule has 0 bridgehead atoms. The Morgan fingerprint density at radius 3 is 2.88 bits per heavy atom. The lowest BCUT2D eigenvalue weighted by Crippen LogP contribution is -2.36. The molecule has 0 aromatic carbocycles. The highest BCUT2D eigenvalue weighted by Crippen LogP contribution is 2.27. The average Bonchev–Trinajstić information content (AvgIpc) is 3.08. The third-order valence-corrected chi connectivity index (χ3v) is 4.46. The number of carbonyl (C=O) groups excluding carboxylic acids is 1. The number of hydrogen-bond donors (Lipinski definition) is 1. The van der Waals surface area contributed by atoms with E-state index in [0.717, 1.165) is 22.9 Å². The molecule has 2 aromatic rings. The molecule has 3 rings (SSSR count). The molecule has 1 N–H and O–H groups in total. The number of morpholine rings is 1. The van der Waals surface area contributed by atoms with Crippen LogP contribution in [0.3, 0.4) is 0 Å². The molecule has 0 spiro atoms. The summed E-state index contributed by atoms with van der Waals surface area (Å²) >= 11 is 1.41. The summed E-state index contributed by atoms with van der Waals surface area (Å²) in [5, 5.41) is 16.6. The highest BCUT2D eigenvalue weighted by atomic mass is 32.1. The largest absolute Gasteiger partial charge is 0.378 e. The predicted molar refractivity (Wildman–Crippen MR) is 89.1 cm³/mol. The highest BCUT2D eigenvalue weighted by Gasteiger charge is 2.17. The third-order valence-electron chi connectivity index (χ3n) is 3.45. The number of anilines is 1. The van der Waals surface area contributed by atoms with Crippen LogP contribution < -0.4 is 15.8 Å². The summed E-state index contributed by atoms with van der Waals surface area (Å²) in [5.74, 6) is -0.254. The topological polar surface area (TPSA) is 102 Å². The molecule has 9 nitrogen and oxygen atoms in total. The van der Waals surface area contributed by atoms with Crippen LogP contribution >= 0.6 is 11.3 Å². The Morgan fingerprint density at radius 2 is 2.12 bits per heavy atom. The molecule has 0 saturated carbocycles. The Labute approximate surface area is 142 Å². The minimum absolute atomic E-state index is 0.115. The molecule has 1 fully saturated rings. The molecule has 1 saturated heterocycles. The molecule has 0 unspecified atom stereocenters. The van der Waals surface area contributed by atoms with E-state index >= 15 is 0 Å². The quantitative estimate of drug-likeness (QED) is 0.792. The van der Waals surface area contributed by atoms with Gasteiger partial charge in [-0.25, -0.2) is 4.68 Å². The first-order valence-electron chi connectivity index (χ1n) is 7.69. The predicted octanol–water partition coefficient (Wildman–Crippen LogP) is -0.265. The Hall–Kier alpha value is -2.33. The smallest absolute Gasteiger partial charge is 0.267 e. The lowest BCUT2D eigenvalue weighted by Gasteiger charge is -2.25. The molecule has 24 heavy (non-hydrogen) atoms. The van der Waals surface area contributed by atoms with Gasteiger partial charge in [0, 0.05) is 25.7 Å². The van der Waals surface area contributed by atoms with E-state index < -0.39 is 0 Å². The number of amides is 1. The van der Waals surface area contributed by atoms with Crippen molar-refractivity contribution in [1.29, 1.82) is 0 Å². The van der Waals surface area contributed by atoms with E-state index in [0.29, 0.717) is 30.5 Å². The van der Waals surface area contributed by atoms with Gasteiger partial charge in [-0.1, -0.05) is 11.3 Å². The first kappa shape index (κ1) is 16.5. The lowest BCUT2D eigenvalue weighted by molar-refractivity contribution is -0.121. The van der Waals surface area contributed by atoms with E-state index in [1.54, 1.807) is 6.07 Å². The average molecular weight is 350 g/mol. The van der Waals surface area contributed by atoms with Crippen molar-refractivity contribution in [2.75, 3.05) is 37.7 Å². The van der Waals surface area contributed by atoms with Crippen molar-refractivity contribution in [3.63, 3.8) is 0 Å². The minimum Gasteiger partial charge on any atom is -0.378 e. The van der Waals surface area contributed by atoms with Crippen molar-refractivity contribution >= 4 is 22.4 Å². The number of carbonyl (C=O) groups is 1. The molecule has 3 heterocycles. The van der Waals surface area contributed by atoms with Gasteiger partial charge in [-0.15, -0.1) is 10.2 Å². The SMILES string of the molecule is CCNC(=O)Cn1nc(-c2nnc(N3CCOCC3)s2)ccc1=O. The maximum atomic E-state index is 11.9. The van der Waals surface area contributed by atoms with Crippen molar-refractivity contribution in [2.24, 2.45) is 0 Å². The zero-order valence-corrected chi connectivity index (χ0v) is 14.1. The lowest BCUT2D eigenvalue weighted by atomic mass is 10.4. The first-order chi connectivity index (χ1) is 11.7. The second-order valence-corrected chi connectivity index (χ2v) is 6.11. The highest BCUT2D eigenvalue weighted by molar-refractivity contribution is 7.18. The maximum Gasteiger partial charge on any atom is 0.267 e. The van der Waals surface area contributed by atoms with E-state index in [2.05, 4.69) is 25.5 Å². The van der Waals surface area contributed by atoms with Crippen molar-refractivity contribution in [1.82, 2.24) is 25.3 Å². The summed E-state index contributed by atoms with van der Waals surface area (Å²) < 4.78 is 6.46. The van der Waals surface area contributed by atoms with Crippen LogP contribution in [-0.2, 0) is 16.1 Å². The van der Waals surface area contributed by atoms with Crippen LogP contribution in [-0.4, -0.2) is 58.7 Å². The Bertz CT molecular complexity index is 768. The molecular weight excluding hydrogens is 332 g/mol.